The first-order valence-corrected chi connectivity index (χ1v) is 10.6. The third kappa shape index (κ3) is 3.19. The van der Waals surface area contributed by atoms with E-state index < -0.39 is 0 Å². The summed E-state index contributed by atoms with van der Waals surface area (Å²) in [5, 5.41) is 2.30. The highest BCUT2D eigenvalue weighted by Gasteiger charge is 2.15. The fraction of sp³-hybridized carbons (Fsp3) is 0.179. The number of benzene rings is 3. The highest BCUT2D eigenvalue weighted by Crippen LogP contribution is 2.37. The first-order valence-electron chi connectivity index (χ1n) is 10.6. The number of hydrogen-bond donors (Lipinski definition) is 0. The highest BCUT2D eigenvalue weighted by atomic mass is 16.3. The molecule has 0 aliphatic heterocycles. The Morgan fingerprint density at radius 3 is 2.33 bits per heavy atom. The third-order valence-electron chi connectivity index (χ3n) is 6.05. The summed E-state index contributed by atoms with van der Waals surface area (Å²) in [4.78, 5) is 4.69. The zero-order valence-electron chi connectivity index (χ0n) is 17.6. The van der Waals surface area contributed by atoms with Crippen molar-refractivity contribution in [2.45, 2.75) is 32.6 Å². The molecule has 2 heterocycles. The van der Waals surface area contributed by atoms with Crippen LogP contribution in [0.3, 0.4) is 0 Å². The molecule has 0 amide bonds. The summed E-state index contributed by atoms with van der Waals surface area (Å²) in [6, 6.07) is 27.8. The second-order valence-corrected chi connectivity index (χ2v) is 8.30. The molecule has 0 N–H and O–H groups in total. The van der Waals surface area contributed by atoms with Gasteiger partial charge in [0.2, 0.25) is 0 Å². The van der Waals surface area contributed by atoms with Crippen LogP contribution in [-0.4, -0.2) is 4.98 Å². The van der Waals surface area contributed by atoms with Crippen molar-refractivity contribution < 1.29 is 4.42 Å². The highest BCUT2D eigenvalue weighted by molar-refractivity contribution is 6.09. The van der Waals surface area contributed by atoms with Crippen LogP contribution in [0.1, 0.15) is 49.3 Å². The van der Waals surface area contributed by atoms with Gasteiger partial charge in [0.25, 0.3) is 0 Å². The number of para-hydroxylation sites is 1. The van der Waals surface area contributed by atoms with Gasteiger partial charge < -0.3 is 4.42 Å². The van der Waals surface area contributed by atoms with Gasteiger partial charge in [-0.05, 0) is 46.9 Å². The second-order valence-electron chi connectivity index (χ2n) is 8.30. The largest absolute Gasteiger partial charge is 0.455 e. The fourth-order valence-corrected chi connectivity index (χ4v) is 4.17. The van der Waals surface area contributed by atoms with Gasteiger partial charge in [0.1, 0.15) is 11.2 Å². The number of fused-ring (bicyclic) bond motifs is 3. The summed E-state index contributed by atoms with van der Waals surface area (Å²) >= 11 is 0. The molecular weight excluding hydrogens is 366 g/mol. The maximum atomic E-state index is 6.37. The maximum absolute atomic E-state index is 6.37. The van der Waals surface area contributed by atoms with Gasteiger partial charge in [0.05, 0.1) is 5.69 Å². The Kier molecular flexibility index (Phi) is 4.63. The summed E-state index contributed by atoms with van der Waals surface area (Å²) in [7, 11) is 0. The predicted molar refractivity (Wildman–Crippen MR) is 125 cm³/mol. The standard InChI is InChI=1S/C28H25NO/c1-18(2)21-12-13-23-24-10-7-11-25(28(24)30-27(23)17-21)26-16-22(14-15-29-26)19(3)20-8-5-4-6-9-20/h4-19H,1-3H3. The number of hydrogen-bond acceptors (Lipinski definition) is 2. The van der Waals surface area contributed by atoms with Crippen molar-refractivity contribution in [3.05, 3.63) is 102 Å². The molecule has 0 spiro atoms. The lowest BCUT2D eigenvalue weighted by atomic mass is 9.92. The van der Waals surface area contributed by atoms with Crippen LogP contribution in [0.5, 0.6) is 0 Å². The predicted octanol–water partition coefficient (Wildman–Crippen LogP) is 7.92. The monoisotopic (exact) mass is 391 g/mol. The molecule has 5 rings (SSSR count). The topological polar surface area (TPSA) is 26.0 Å². The van der Waals surface area contributed by atoms with Crippen LogP contribution < -0.4 is 0 Å². The summed E-state index contributed by atoms with van der Waals surface area (Å²) in [6.07, 6.45) is 1.91. The van der Waals surface area contributed by atoms with Gasteiger partial charge in [-0.1, -0.05) is 75.4 Å². The maximum Gasteiger partial charge on any atom is 0.144 e. The van der Waals surface area contributed by atoms with Gasteiger partial charge in [-0.25, -0.2) is 0 Å². The Balaban J connectivity index is 1.64. The Morgan fingerprint density at radius 2 is 1.53 bits per heavy atom. The van der Waals surface area contributed by atoms with E-state index in [1.807, 2.05) is 6.20 Å². The molecule has 0 aliphatic rings. The molecule has 1 unspecified atom stereocenters. The number of nitrogens with zero attached hydrogens (tertiary/aromatic N) is 1. The summed E-state index contributed by atoms with van der Waals surface area (Å²) in [5.74, 6) is 0.774. The fourth-order valence-electron chi connectivity index (χ4n) is 4.17. The summed E-state index contributed by atoms with van der Waals surface area (Å²) in [5.41, 5.74) is 7.68. The van der Waals surface area contributed by atoms with Crippen molar-refractivity contribution in [3.8, 4) is 11.3 Å². The van der Waals surface area contributed by atoms with E-state index in [0.29, 0.717) is 11.8 Å². The molecule has 30 heavy (non-hydrogen) atoms. The van der Waals surface area contributed by atoms with E-state index in [-0.39, 0.29) is 0 Å². The second kappa shape index (κ2) is 7.46. The minimum absolute atomic E-state index is 0.302. The van der Waals surface area contributed by atoms with Crippen LogP contribution in [0.2, 0.25) is 0 Å². The Bertz CT molecular complexity index is 1330. The SMILES string of the molecule is CC(C)c1ccc2c(c1)oc1c(-c3cc(C(C)c4ccccc4)ccn3)cccc12. The van der Waals surface area contributed by atoms with Crippen molar-refractivity contribution >= 4 is 21.9 Å². The van der Waals surface area contributed by atoms with Crippen LogP contribution in [0, 0.1) is 0 Å². The van der Waals surface area contributed by atoms with Gasteiger partial charge in [-0.15, -0.1) is 0 Å². The number of aromatic nitrogens is 1. The average molecular weight is 392 g/mol. The zero-order valence-corrected chi connectivity index (χ0v) is 17.6. The van der Waals surface area contributed by atoms with Gasteiger partial charge in [-0.3, -0.25) is 4.98 Å². The van der Waals surface area contributed by atoms with Crippen LogP contribution in [-0.2, 0) is 0 Å². The van der Waals surface area contributed by atoms with Crippen molar-refractivity contribution in [1.82, 2.24) is 4.98 Å². The van der Waals surface area contributed by atoms with Crippen molar-refractivity contribution in [2.75, 3.05) is 0 Å². The van der Waals surface area contributed by atoms with Crippen molar-refractivity contribution in [2.24, 2.45) is 0 Å². The van der Waals surface area contributed by atoms with E-state index >= 15 is 0 Å². The van der Waals surface area contributed by atoms with Gasteiger partial charge in [-0.2, -0.15) is 0 Å². The Morgan fingerprint density at radius 1 is 0.700 bits per heavy atom. The first kappa shape index (κ1) is 18.6. The van der Waals surface area contributed by atoms with Gasteiger partial charge >= 0.3 is 0 Å². The molecular formula is C28H25NO. The molecule has 1 atom stereocenters. The molecule has 0 aliphatic carbocycles. The van der Waals surface area contributed by atoms with Crippen LogP contribution >= 0.6 is 0 Å². The lowest BCUT2D eigenvalue weighted by Gasteiger charge is -2.13. The van der Waals surface area contributed by atoms with E-state index in [1.54, 1.807) is 0 Å². The lowest BCUT2D eigenvalue weighted by Crippen LogP contribution is -1.97. The van der Waals surface area contributed by atoms with E-state index in [4.69, 9.17) is 9.40 Å². The van der Waals surface area contributed by atoms with Gasteiger partial charge in [0, 0.05) is 28.5 Å². The van der Waals surface area contributed by atoms with E-state index in [1.165, 1.54) is 16.7 Å². The van der Waals surface area contributed by atoms with Gasteiger partial charge in [0.15, 0.2) is 0 Å². The molecule has 0 saturated heterocycles. The molecule has 2 aromatic heterocycles. The van der Waals surface area contributed by atoms with Crippen molar-refractivity contribution in [3.63, 3.8) is 0 Å². The Hall–Kier alpha value is -3.39. The van der Waals surface area contributed by atoms with Crippen LogP contribution in [0.4, 0.5) is 0 Å². The molecule has 2 nitrogen and oxygen atoms in total. The Labute approximate surface area is 177 Å². The van der Waals surface area contributed by atoms with Crippen LogP contribution in [0.15, 0.2) is 89.5 Å². The lowest BCUT2D eigenvalue weighted by molar-refractivity contribution is 0.668. The molecule has 0 fully saturated rings. The number of rotatable bonds is 4. The molecule has 2 heteroatoms. The van der Waals surface area contributed by atoms with Crippen LogP contribution in [0.25, 0.3) is 33.2 Å². The molecule has 148 valence electrons. The molecule has 5 aromatic rings. The first-order chi connectivity index (χ1) is 14.6. The minimum atomic E-state index is 0.302. The quantitative estimate of drug-likeness (QED) is 0.311. The van der Waals surface area contributed by atoms with Crippen molar-refractivity contribution in [1.29, 1.82) is 0 Å². The normalized spacial score (nSPS) is 12.7. The van der Waals surface area contributed by atoms with E-state index in [9.17, 15) is 0 Å². The molecule has 0 saturated carbocycles. The molecule has 0 bridgehead atoms. The third-order valence-corrected chi connectivity index (χ3v) is 6.05. The number of pyridine rings is 1. The summed E-state index contributed by atoms with van der Waals surface area (Å²) in [6.45, 7) is 6.65. The van der Waals surface area contributed by atoms with E-state index in [2.05, 4.69) is 99.6 Å². The van der Waals surface area contributed by atoms with E-state index in [0.717, 1.165) is 33.2 Å². The minimum Gasteiger partial charge on any atom is -0.455 e. The number of furan rings is 1. The average Bonchev–Trinajstić information content (AvgIpc) is 3.17. The molecule has 3 aromatic carbocycles. The smallest absolute Gasteiger partial charge is 0.144 e. The summed E-state index contributed by atoms with van der Waals surface area (Å²) < 4.78 is 6.37. The molecule has 0 radical (unpaired) electrons. The zero-order chi connectivity index (χ0) is 20.7.